The van der Waals surface area contributed by atoms with Gasteiger partial charge in [0.25, 0.3) is 0 Å². The number of hydrogen-bond acceptors (Lipinski definition) is 4. The first-order valence-corrected chi connectivity index (χ1v) is 5.51. The van der Waals surface area contributed by atoms with Gasteiger partial charge in [-0.2, -0.15) is 0 Å². The van der Waals surface area contributed by atoms with Crippen LogP contribution in [-0.4, -0.2) is 16.3 Å². The molecule has 5 nitrogen and oxygen atoms in total. The highest BCUT2D eigenvalue weighted by molar-refractivity contribution is 14.1. The van der Waals surface area contributed by atoms with Crippen LogP contribution in [0.1, 0.15) is 5.69 Å². The normalized spacial score (nSPS) is 11.4. The van der Waals surface area contributed by atoms with Crippen LogP contribution in [0, 0.1) is 13.8 Å². The van der Waals surface area contributed by atoms with Gasteiger partial charge in [-0.3, -0.25) is 10.1 Å². The minimum atomic E-state index is -5.02. The van der Waals surface area contributed by atoms with Crippen LogP contribution >= 0.6 is 34.2 Å². The molecule has 1 heterocycles. The molecule has 10 heteroatoms. The van der Waals surface area contributed by atoms with Crippen LogP contribution in [-0.2, 0) is 5.88 Å². The van der Waals surface area contributed by atoms with Crippen molar-refractivity contribution in [1.29, 1.82) is 0 Å². The molecule has 0 unspecified atom stereocenters. The molecule has 0 amide bonds. The van der Waals surface area contributed by atoms with E-state index in [9.17, 15) is 23.3 Å². The van der Waals surface area contributed by atoms with E-state index in [4.69, 9.17) is 11.6 Å². The maximum absolute atomic E-state index is 12.1. The lowest BCUT2D eigenvalue weighted by Gasteiger charge is -2.10. The van der Waals surface area contributed by atoms with Crippen molar-refractivity contribution in [3.05, 3.63) is 25.6 Å². The van der Waals surface area contributed by atoms with Crippen LogP contribution in [0.3, 0.4) is 0 Å². The summed E-state index contributed by atoms with van der Waals surface area (Å²) in [6.07, 6.45) is -5.02. The second-order valence-corrected chi connectivity index (χ2v) is 3.98. The summed E-state index contributed by atoms with van der Waals surface area (Å²) >= 11 is 6.84. The number of hydrogen-bond donors (Lipinski definition) is 0. The number of ether oxygens (including phenoxy) is 1. The number of aromatic nitrogens is 1. The molecule has 0 saturated heterocycles. The Balaban J connectivity index is 3.32. The molecule has 0 fully saturated rings. The monoisotopic (exact) mass is 382 g/mol. The van der Waals surface area contributed by atoms with Gasteiger partial charge in [-0.05, 0) is 22.6 Å². The van der Waals surface area contributed by atoms with E-state index in [0.717, 1.165) is 6.07 Å². The Morgan fingerprint density at radius 3 is 2.59 bits per heavy atom. The predicted octanol–water partition coefficient (Wildman–Crippen LogP) is 3.23. The van der Waals surface area contributed by atoms with Gasteiger partial charge in [0.2, 0.25) is 5.75 Å². The van der Waals surface area contributed by atoms with E-state index in [2.05, 4.69) is 9.72 Å². The van der Waals surface area contributed by atoms with E-state index in [0.29, 0.717) is 0 Å². The minimum Gasteiger partial charge on any atom is -0.398 e. The average molecular weight is 382 g/mol. The number of rotatable bonds is 3. The zero-order valence-corrected chi connectivity index (χ0v) is 10.7. The molecule has 0 N–H and O–H groups in total. The van der Waals surface area contributed by atoms with Crippen molar-refractivity contribution in [3.63, 3.8) is 0 Å². The zero-order valence-electron chi connectivity index (χ0n) is 7.79. The molecule has 0 aliphatic heterocycles. The van der Waals surface area contributed by atoms with Gasteiger partial charge in [-0.1, -0.05) is 0 Å². The summed E-state index contributed by atoms with van der Waals surface area (Å²) in [6, 6.07) is 0.792. The third kappa shape index (κ3) is 3.84. The molecule has 0 aliphatic carbocycles. The van der Waals surface area contributed by atoms with E-state index < -0.39 is 22.7 Å². The highest BCUT2D eigenvalue weighted by atomic mass is 127. The highest BCUT2D eigenvalue weighted by Crippen LogP contribution is 2.35. The van der Waals surface area contributed by atoms with Crippen molar-refractivity contribution in [2.75, 3.05) is 0 Å². The first-order chi connectivity index (χ1) is 7.74. The predicted molar refractivity (Wildman–Crippen MR) is 59.8 cm³/mol. The first kappa shape index (κ1) is 14.2. The van der Waals surface area contributed by atoms with Gasteiger partial charge < -0.3 is 4.74 Å². The Hall–Kier alpha value is -0.840. The van der Waals surface area contributed by atoms with Crippen molar-refractivity contribution in [2.45, 2.75) is 12.2 Å². The second kappa shape index (κ2) is 5.21. The molecule has 1 rings (SSSR count). The number of pyridine rings is 1. The molecule has 0 radical (unpaired) electrons. The van der Waals surface area contributed by atoms with Gasteiger partial charge in [-0.25, -0.2) is 4.98 Å². The molecule has 0 saturated carbocycles. The lowest BCUT2D eigenvalue weighted by molar-refractivity contribution is -0.390. The maximum Gasteiger partial charge on any atom is 0.573 e. The molecular weight excluding hydrogens is 379 g/mol. The Labute approximate surface area is 111 Å². The van der Waals surface area contributed by atoms with Crippen LogP contribution in [0.25, 0.3) is 0 Å². The molecule has 0 spiro atoms. The fourth-order valence-electron chi connectivity index (χ4n) is 0.969. The van der Waals surface area contributed by atoms with Gasteiger partial charge in [0.15, 0.2) is 3.70 Å². The fraction of sp³-hybridized carbons (Fsp3) is 0.286. The lowest BCUT2D eigenvalue weighted by Crippen LogP contribution is -2.18. The summed E-state index contributed by atoms with van der Waals surface area (Å²) in [7, 11) is 0. The molecule has 17 heavy (non-hydrogen) atoms. The van der Waals surface area contributed by atoms with Gasteiger partial charge in [0, 0.05) is 6.07 Å². The standard InChI is InChI=1S/C7H3ClF3IN2O3/c8-2-3-1-4(17-7(9,10)11)5(14(15)16)6(12)13-3/h1H,2H2. The van der Waals surface area contributed by atoms with Crippen molar-refractivity contribution < 1.29 is 22.8 Å². The Bertz CT molecular complexity index is 455. The van der Waals surface area contributed by atoms with Gasteiger partial charge in [-0.15, -0.1) is 24.8 Å². The van der Waals surface area contributed by atoms with Gasteiger partial charge in [0.1, 0.15) is 0 Å². The minimum absolute atomic E-state index is 0.0564. The molecule has 0 aliphatic rings. The Kier molecular flexibility index (Phi) is 4.36. The van der Waals surface area contributed by atoms with E-state index in [-0.39, 0.29) is 15.3 Å². The third-order valence-electron chi connectivity index (χ3n) is 1.51. The largest absolute Gasteiger partial charge is 0.573 e. The summed E-state index contributed by atoms with van der Waals surface area (Å²) < 4.78 is 39.5. The number of alkyl halides is 4. The van der Waals surface area contributed by atoms with Crippen molar-refractivity contribution >= 4 is 39.9 Å². The molecule has 94 valence electrons. The topological polar surface area (TPSA) is 65.3 Å². The quantitative estimate of drug-likeness (QED) is 0.265. The van der Waals surface area contributed by atoms with Crippen LogP contribution in [0.15, 0.2) is 6.07 Å². The van der Waals surface area contributed by atoms with E-state index >= 15 is 0 Å². The number of nitro groups is 1. The van der Waals surface area contributed by atoms with Crippen molar-refractivity contribution in [1.82, 2.24) is 4.98 Å². The second-order valence-electron chi connectivity index (χ2n) is 2.69. The summed E-state index contributed by atoms with van der Waals surface area (Å²) in [4.78, 5) is 13.3. The Morgan fingerprint density at radius 1 is 1.59 bits per heavy atom. The smallest absolute Gasteiger partial charge is 0.398 e. The molecular formula is C7H3ClF3IN2O3. The highest BCUT2D eigenvalue weighted by Gasteiger charge is 2.36. The first-order valence-electron chi connectivity index (χ1n) is 3.90. The van der Waals surface area contributed by atoms with Crippen molar-refractivity contribution in [3.8, 4) is 5.75 Å². The summed E-state index contributed by atoms with van der Waals surface area (Å²) in [5, 5.41) is 10.6. The lowest BCUT2D eigenvalue weighted by atomic mass is 10.3. The Morgan fingerprint density at radius 2 is 2.18 bits per heavy atom. The molecule has 0 bridgehead atoms. The van der Waals surface area contributed by atoms with E-state index in [1.807, 2.05) is 0 Å². The van der Waals surface area contributed by atoms with E-state index in [1.54, 1.807) is 0 Å². The average Bonchev–Trinajstić information content (AvgIpc) is 2.13. The summed E-state index contributed by atoms with van der Waals surface area (Å²) in [5.74, 6) is -1.10. The van der Waals surface area contributed by atoms with Gasteiger partial charge in [0.05, 0.1) is 16.5 Å². The van der Waals surface area contributed by atoms with Crippen molar-refractivity contribution in [2.24, 2.45) is 0 Å². The fourth-order valence-corrected chi connectivity index (χ4v) is 1.88. The molecule has 1 aromatic heterocycles. The zero-order chi connectivity index (χ0) is 13.2. The third-order valence-corrected chi connectivity index (χ3v) is 2.54. The maximum atomic E-state index is 12.1. The molecule has 0 atom stereocenters. The number of halogens is 5. The molecule has 0 aromatic carbocycles. The SMILES string of the molecule is O=[N+]([O-])c1c(OC(F)(F)F)cc(CCl)nc1I. The van der Waals surface area contributed by atoms with Crippen LogP contribution in [0.5, 0.6) is 5.75 Å². The summed E-state index contributed by atoms with van der Waals surface area (Å²) in [6.45, 7) is 0. The summed E-state index contributed by atoms with van der Waals surface area (Å²) in [5.41, 5.74) is -0.780. The van der Waals surface area contributed by atoms with Crippen LogP contribution in [0.2, 0.25) is 0 Å². The van der Waals surface area contributed by atoms with Crippen LogP contribution in [0.4, 0.5) is 18.9 Å². The van der Waals surface area contributed by atoms with Crippen LogP contribution < -0.4 is 4.74 Å². The molecule has 1 aromatic rings. The van der Waals surface area contributed by atoms with Gasteiger partial charge >= 0.3 is 12.0 Å². The van der Waals surface area contributed by atoms with E-state index in [1.165, 1.54) is 22.6 Å². The number of nitrogens with zero attached hydrogens (tertiary/aromatic N) is 2.